The molecule has 0 saturated heterocycles. The van der Waals surface area contributed by atoms with Crippen LogP contribution in [0.1, 0.15) is 37.6 Å². The zero-order chi connectivity index (χ0) is 20.4. The Morgan fingerprint density at radius 2 is 2.00 bits per heavy atom. The van der Waals surface area contributed by atoms with E-state index in [9.17, 15) is 4.79 Å². The van der Waals surface area contributed by atoms with Gasteiger partial charge in [0.15, 0.2) is 16.8 Å². The molecule has 5 nitrogen and oxygen atoms in total. The summed E-state index contributed by atoms with van der Waals surface area (Å²) in [5, 5.41) is 4.04. The van der Waals surface area contributed by atoms with Crippen LogP contribution in [0.2, 0.25) is 5.02 Å². The smallest absolute Gasteiger partial charge is 0.226 e. The average Bonchev–Trinajstić information content (AvgIpc) is 3.32. The van der Waals surface area contributed by atoms with Crippen molar-refractivity contribution < 1.29 is 9.21 Å². The van der Waals surface area contributed by atoms with Crippen molar-refractivity contribution >= 4 is 44.2 Å². The van der Waals surface area contributed by atoms with Crippen LogP contribution in [0, 0.1) is 0 Å². The molecular formula is C22H20ClN3O2S. The number of fused-ring (bicyclic) bond motifs is 1. The van der Waals surface area contributed by atoms with Crippen LogP contribution in [0.15, 0.2) is 53.1 Å². The van der Waals surface area contributed by atoms with Gasteiger partial charge in [0.1, 0.15) is 0 Å². The van der Waals surface area contributed by atoms with Crippen LogP contribution in [0.4, 0.5) is 5.13 Å². The van der Waals surface area contributed by atoms with Crippen LogP contribution in [0.25, 0.3) is 21.5 Å². The number of hydrogen-bond acceptors (Lipinski definition) is 5. The lowest BCUT2D eigenvalue weighted by Gasteiger charge is -2.05. The fourth-order valence-electron chi connectivity index (χ4n) is 2.95. The number of aryl methyl sites for hydroxylation is 1. The van der Waals surface area contributed by atoms with E-state index in [4.69, 9.17) is 16.0 Å². The number of oxazole rings is 1. The minimum atomic E-state index is -0.129. The summed E-state index contributed by atoms with van der Waals surface area (Å²) in [4.78, 5) is 21.0. The topological polar surface area (TPSA) is 68.0 Å². The number of carbonyl (C=O) groups is 1. The van der Waals surface area contributed by atoms with Gasteiger partial charge in [0.25, 0.3) is 0 Å². The maximum atomic E-state index is 12.3. The lowest BCUT2D eigenvalue weighted by atomic mass is 10.0. The molecule has 0 atom stereocenters. The van der Waals surface area contributed by atoms with E-state index in [1.807, 2.05) is 24.3 Å². The van der Waals surface area contributed by atoms with Crippen molar-refractivity contribution in [2.45, 2.75) is 32.6 Å². The number of hydrogen-bond donors (Lipinski definition) is 1. The van der Waals surface area contributed by atoms with Gasteiger partial charge >= 0.3 is 0 Å². The first-order chi connectivity index (χ1) is 14.0. The molecule has 2 aromatic heterocycles. The Balaban J connectivity index is 1.35. The van der Waals surface area contributed by atoms with Crippen LogP contribution in [0.5, 0.6) is 0 Å². The molecule has 4 aromatic rings. The highest BCUT2D eigenvalue weighted by Gasteiger charge is 2.12. The van der Waals surface area contributed by atoms with Gasteiger partial charge in [0, 0.05) is 23.4 Å². The first-order valence-electron chi connectivity index (χ1n) is 9.39. The van der Waals surface area contributed by atoms with Gasteiger partial charge in [-0.05, 0) is 29.7 Å². The predicted molar refractivity (Wildman–Crippen MR) is 118 cm³/mol. The molecule has 1 amide bonds. The second-order valence-electron chi connectivity index (χ2n) is 7.07. The highest BCUT2D eigenvalue weighted by molar-refractivity contribution is 7.22. The molecule has 0 aliphatic heterocycles. The molecule has 1 N–H and O–H groups in total. The Kier molecular flexibility index (Phi) is 5.65. The Morgan fingerprint density at radius 1 is 1.21 bits per heavy atom. The molecule has 0 fully saturated rings. The Labute approximate surface area is 177 Å². The van der Waals surface area contributed by atoms with Gasteiger partial charge in [-0.25, -0.2) is 9.97 Å². The fraction of sp³-hybridized carbons (Fsp3) is 0.227. The predicted octanol–water partition coefficient (Wildman–Crippen LogP) is 6.30. The number of nitrogens with one attached hydrogen (secondary N) is 1. The first kappa shape index (κ1) is 19.6. The Bertz CT molecular complexity index is 1150. The second kappa shape index (κ2) is 8.35. The molecule has 0 saturated carbocycles. The Morgan fingerprint density at radius 3 is 2.76 bits per heavy atom. The van der Waals surface area contributed by atoms with Crippen molar-refractivity contribution in [2.24, 2.45) is 0 Å². The SMILES string of the molecule is CC(C)c1ccc(-c2cnc(CCC(=O)Nc3nc4ccc(Cl)cc4s3)o2)cc1. The number of carbonyl (C=O) groups excluding carboxylic acids is 1. The summed E-state index contributed by atoms with van der Waals surface area (Å²) in [5.74, 6) is 1.61. The molecule has 4 rings (SSSR count). The van der Waals surface area contributed by atoms with Crippen molar-refractivity contribution in [3.63, 3.8) is 0 Å². The molecule has 0 spiro atoms. The molecule has 0 aliphatic rings. The largest absolute Gasteiger partial charge is 0.441 e. The first-order valence-corrected chi connectivity index (χ1v) is 10.6. The number of amides is 1. The van der Waals surface area contributed by atoms with E-state index in [1.165, 1.54) is 16.9 Å². The summed E-state index contributed by atoms with van der Waals surface area (Å²) in [6.45, 7) is 4.33. The van der Waals surface area contributed by atoms with E-state index in [0.29, 0.717) is 34.1 Å². The molecule has 0 bridgehead atoms. The Hall–Kier alpha value is -2.70. The van der Waals surface area contributed by atoms with E-state index in [0.717, 1.165) is 15.8 Å². The summed E-state index contributed by atoms with van der Waals surface area (Å²) in [7, 11) is 0. The third-order valence-corrected chi connectivity index (χ3v) is 5.75. The number of benzene rings is 2. The second-order valence-corrected chi connectivity index (χ2v) is 8.54. The lowest BCUT2D eigenvalue weighted by molar-refractivity contribution is -0.116. The number of thiazole rings is 1. The van der Waals surface area contributed by atoms with E-state index in [-0.39, 0.29) is 12.3 Å². The number of aromatic nitrogens is 2. The molecule has 0 aliphatic carbocycles. The van der Waals surface area contributed by atoms with Crippen molar-refractivity contribution in [3.05, 3.63) is 65.1 Å². The van der Waals surface area contributed by atoms with Crippen molar-refractivity contribution in [1.29, 1.82) is 0 Å². The molecule has 0 radical (unpaired) electrons. The van der Waals surface area contributed by atoms with Crippen LogP contribution >= 0.6 is 22.9 Å². The number of halogens is 1. The van der Waals surface area contributed by atoms with Gasteiger partial charge in [0.2, 0.25) is 5.91 Å². The van der Waals surface area contributed by atoms with Gasteiger partial charge in [-0.1, -0.05) is 61.1 Å². The standard InChI is InChI=1S/C22H20ClN3O2S/c1-13(2)14-3-5-15(6-4-14)18-12-24-21(28-18)10-9-20(27)26-22-25-17-8-7-16(23)11-19(17)29-22/h3-8,11-13H,9-10H2,1-2H3,(H,25,26,27). The quantitative estimate of drug-likeness (QED) is 0.393. The molecule has 0 unspecified atom stereocenters. The highest BCUT2D eigenvalue weighted by atomic mass is 35.5. The summed E-state index contributed by atoms with van der Waals surface area (Å²) in [6.07, 6.45) is 2.39. The normalized spacial score (nSPS) is 11.3. The highest BCUT2D eigenvalue weighted by Crippen LogP contribution is 2.28. The van der Waals surface area contributed by atoms with Crippen molar-refractivity contribution in [2.75, 3.05) is 5.32 Å². The van der Waals surface area contributed by atoms with E-state index in [2.05, 4.69) is 41.3 Å². The molecular weight excluding hydrogens is 406 g/mol. The minimum absolute atomic E-state index is 0.129. The van der Waals surface area contributed by atoms with Gasteiger partial charge < -0.3 is 9.73 Å². The van der Waals surface area contributed by atoms with Crippen LogP contribution in [0.3, 0.4) is 0 Å². The van der Waals surface area contributed by atoms with E-state index < -0.39 is 0 Å². The zero-order valence-electron chi connectivity index (χ0n) is 16.1. The monoisotopic (exact) mass is 425 g/mol. The third-order valence-electron chi connectivity index (χ3n) is 4.58. The summed E-state index contributed by atoms with van der Waals surface area (Å²) < 4.78 is 6.75. The van der Waals surface area contributed by atoms with Crippen LogP contribution in [-0.2, 0) is 11.2 Å². The molecule has 2 aromatic carbocycles. The van der Waals surface area contributed by atoms with Crippen molar-refractivity contribution in [3.8, 4) is 11.3 Å². The minimum Gasteiger partial charge on any atom is -0.441 e. The maximum absolute atomic E-state index is 12.3. The number of rotatable bonds is 6. The van der Waals surface area contributed by atoms with Crippen LogP contribution < -0.4 is 5.32 Å². The van der Waals surface area contributed by atoms with Crippen molar-refractivity contribution in [1.82, 2.24) is 9.97 Å². The van der Waals surface area contributed by atoms with Crippen LogP contribution in [-0.4, -0.2) is 15.9 Å². The molecule has 7 heteroatoms. The number of anilines is 1. The zero-order valence-corrected chi connectivity index (χ0v) is 17.7. The molecule has 29 heavy (non-hydrogen) atoms. The van der Waals surface area contributed by atoms with Gasteiger partial charge in [-0.2, -0.15) is 0 Å². The van der Waals surface area contributed by atoms with Gasteiger partial charge in [0.05, 0.1) is 16.4 Å². The average molecular weight is 426 g/mol. The van der Waals surface area contributed by atoms with E-state index in [1.54, 1.807) is 12.3 Å². The summed E-state index contributed by atoms with van der Waals surface area (Å²) in [6, 6.07) is 13.7. The molecule has 148 valence electrons. The summed E-state index contributed by atoms with van der Waals surface area (Å²) >= 11 is 7.39. The summed E-state index contributed by atoms with van der Waals surface area (Å²) in [5.41, 5.74) is 3.07. The third kappa shape index (κ3) is 4.66. The maximum Gasteiger partial charge on any atom is 0.226 e. The molecule has 2 heterocycles. The fourth-order valence-corrected chi connectivity index (χ4v) is 4.10. The number of nitrogens with zero attached hydrogens (tertiary/aromatic N) is 2. The van der Waals surface area contributed by atoms with Gasteiger partial charge in [-0.15, -0.1) is 0 Å². The van der Waals surface area contributed by atoms with Gasteiger partial charge in [-0.3, -0.25) is 4.79 Å². The lowest BCUT2D eigenvalue weighted by Crippen LogP contribution is -2.12. The van der Waals surface area contributed by atoms with E-state index >= 15 is 0 Å².